The van der Waals surface area contributed by atoms with Crippen LogP contribution in [-0.2, 0) is 31.3 Å². The van der Waals surface area contributed by atoms with Crippen molar-refractivity contribution in [3.63, 3.8) is 0 Å². The number of nitrogens with one attached hydrogen (secondary N) is 2. The fraction of sp³-hybridized carbons (Fsp3) is 0.400. The zero-order valence-electron chi connectivity index (χ0n) is 43.7. The number of nitrogens with zero attached hydrogens (tertiary/aromatic N) is 7. The molecule has 4 fully saturated rings. The summed E-state index contributed by atoms with van der Waals surface area (Å²) in [7, 11) is 0. The molecule has 10 heterocycles. The van der Waals surface area contributed by atoms with Gasteiger partial charge >= 0.3 is 18.4 Å². The molecule has 4 saturated heterocycles. The van der Waals surface area contributed by atoms with Crippen molar-refractivity contribution >= 4 is 63.6 Å². The molecular formula is C55H56Cl2F6N10O7. The Morgan fingerprint density at radius 3 is 1.85 bits per heavy atom. The molecule has 80 heavy (non-hydrogen) atoms. The highest BCUT2D eigenvalue weighted by Gasteiger charge is 2.42. The summed E-state index contributed by atoms with van der Waals surface area (Å²) in [4.78, 5) is 36.7. The maximum Gasteiger partial charge on any atom is 0.416 e. The van der Waals surface area contributed by atoms with Gasteiger partial charge in [-0.05, 0) is 76.9 Å². The minimum absolute atomic E-state index is 0.0450. The number of urea groups is 1. The normalized spacial score (nSPS) is 21.1. The Kier molecular flexibility index (Phi) is 15.9. The average molecular weight is 1150 g/mol. The quantitative estimate of drug-likeness (QED) is 0.116. The van der Waals surface area contributed by atoms with Gasteiger partial charge in [0.1, 0.15) is 36.9 Å². The standard InChI is InChI=1S/C28H27ClF3N5O4.C16H13ClF3N3.C11H16N2O3/c1-27(2)40-15-21(41-27)14-39-20-9-18(11-33-12-20)34-26(38)37-19-6-7-36(13-19)23-10-22(29)24(35-25(23)37)16-4-3-5-17(8-16)28(30,31)32;17-12-7-13-15(21-11-4-5-23(13)8-11)22-14(12)9-2-1-3-10(6-9)16(18,19)20;1-11(2)15-7-10(16-11)6-14-9-3-8(12)4-13-5-9/h3-5,8-12,19,21H,6-7,13-15H2,1-2H3,(H,34,38);1-3,6-7,11H,4-5,8H2,(H,21,22);3-5,10H,6-7,12H2,1-2H3/t19-,21-;11-;10-/m000/s1. The van der Waals surface area contributed by atoms with E-state index in [0.29, 0.717) is 102 Å². The number of benzene rings is 2. The minimum atomic E-state index is -4.52. The van der Waals surface area contributed by atoms with Crippen molar-refractivity contribution in [2.24, 2.45) is 0 Å². The third kappa shape index (κ3) is 13.1. The predicted molar refractivity (Wildman–Crippen MR) is 289 cm³/mol. The lowest BCUT2D eigenvalue weighted by Crippen LogP contribution is -2.48. The number of nitrogen functional groups attached to an aromatic ring is 1. The second-order valence-corrected chi connectivity index (χ2v) is 21.5. The molecule has 0 unspecified atom stereocenters. The maximum atomic E-state index is 13.7. The number of alkyl halides is 6. The fourth-order valence-electron chi connectivity index (χ4n) is 10.0. The molecule has 2 amide bonds. The molecule has 12 rings (SSSR count). The van der Waals surface area contributed by atoms with Crippen LogP contribution < -0.4 is 40.5 Å². The van der Waals surface area contributed by atoms with Crippen molar-refractivity contribution in [3.8, 4) is 34.0 Å². The first-order chi connectivity index (χ1) is 37.9. The Labute approximate surface area is 466 Å². The van der Waals surface area contributed by atoms with Crippen LogP contribution in [0.1, 0.15) is 51.7 Å². The van der Waals surface area contributed by atoms with Crippen molar-refractivity contribution in [1.82, 2.24) is 19.9 Å². The third-order valence-electron chi connectivity index (χ3n) is 13.7. The largest absolute Gasteiger partial charge is 0.489 e. The number of anilines is 6. The van der Waals surface area contributed by atoms with E-state index >= 15 is 0 Å². The topological polar surface area (TPSA) is 184 Å². The van der Waals surface area contributed by atoms with Gasteiger partial charge in [-0.1, -0.05) is 47.5 Å². The second-order valence-electron chi connectivity index (χ2n) is 20.7. The van der Waals surface area contributed by atoms with Crippen molar-refractivity contribution in [2.45, 2.75) is 88.8 Å². The molecule has 17 nitrogen and oxygen atoms in total. The molecule has 0 radical (unpaired) electrons. The van der Waals surface area contributed by atoms with E-state index in [1.54, 1.807) is 47.6 Å². The van der Waals surface area contributed by atoms with Crippen molar-refractivity contribution in [2.75, 3.05) is 83.7 Å². The number of nitrogens with two attached hydrogens (primary N) is 1. The molecule has 6 aliphatic heterocycles. The molecule has 0 aliphatic carbocycles. The van der Waals surface area contributed by atoms with Crippen molar-refractivity contribution in [1.29, 1.82) is 0 Å². The summed E-state index contributed by atoms with van der Waals surface area (Å²) in [5, 5.41) is 6.76. The lowest BCUT2D eigenvalue weighted by Gasteiger charge is -2.36. The van der Waals surface area contributed by atoms with Crippen LogP contribution in [0.5, 0.6) is 11.5 Å². The van der Waals surface area contributed by atoms with E-state index in [1.807, 2.05) is 27.7 Å². The molecular weight excluding hydrogens is 1100 g/mol. The molecule has 25 heteroatoms. The Bertz CT molecular complexity index is 3250. The van der Waals surface area contributed by atoms with Crippen LogP contribution in [0.3, 0.4) is 0 Å². The predicted octanol–water partition coefficient (Wildman–Crippen LogP) is 11.6. The maximum absolute atomic E-state index is 13.7. The summed E-state index contributed by atoms with van der Waals surface area (Å²) < 4.78 is 113. The number of amides is 2. The van der Waals surface area contributed by atoms with Crippen LogP contribution >= 0.6 is 23.2 Å². The first kappa shape index (κ1) is 56.4. The number of carbonyl (C=O) groups excluding carboxylic acids is 1. The van der Waals surface area contributed by atoms with Crippen LogP contribution in [0.25, 0.3) is 22.5 Å². The van der Waals surface area contributed by atoms with Gasteiger partial charge in [-0.2, -0.15) is 26.3 Å². The monoisotopic (exact) mass is 1150 g/mol. The molecule has 4 N–H and O–H groups in total. The fourth-order valence-corrected chi connectivity index (χ4v) is 10.5. The summed E-state index contributed by atoms with van der Waals surface area (Å²) in [5.41, 5.74) is 7.72. The average Bonchev–Trinajstić information content (AvgIpc) is 4.25. The van der Waals surface area contributed by atoms with E-state index in [4.69, 9.17) is 57.4 Å². The van der Waals surface area contributed by atoms with Crippen LogP contribution in [-0.4, -0.2) is 114 Å². The van der Waals surface area contributed by atoms with Gasteiger partial charge in [-0.3, -0.25) is 14.9 Å². The van der Waals surface area contributed by atoms with E-state index < -0.39 is 41.1 Å². The Morgan fingerprint density at radius 2 is 1.27 bits per heavy atom. The van der Waals surface area contributed by atoms with E-state index in [-0.39, 0.29) is 41.1 Å². The van der Waals surface area contributed by atoms with Gasteiger partial charge in [0.15, 0.2) is 23.2 Å². The number of hydrogen-bond donors (Lipinski definition) is 3. The second kappa shape index (κ2) is 22.6. The lowest BCUT2D eigenvalue weighted by molar-refractivity contribution is -0.141. The van der Waals surface area contributed by atoms with Crippen molar-refractivity contribution < 1.29 is 59.6 Å². The molecule has 6 aliphatic rings. The number of rotatable bonds is 9. The van der Waals surface area contributed by atoms with E-state index in [9.17, 15) is 31.1 Å². The highest BCUT2D eigenvalue weighted by atomic mass is 35.5. The van der Waals surface area contributed by atoms with E-state index in [2.05, 4.69) is 40.4 Å². The van der Waals surface area contributed by atoms with Gasteiger partial charge in [0.2, 0.25) is 0 Å². The van der Waals surface area contributed by atoms with Crippen LogP contribution in [0.4, 0.5) is 65.5 Å². The Hall–Kier alpha value is -6.89. The summed E-state index contributed by atoms with van der Waals surface area (Å²) >= 11 is 12.8. The summed E-state index contributed by atoms with van der Waals surface area (Å²) in [6.07, 6.45) is -1.24. The number of hydrogen-bond acceptors (Lipinski definition) is 15. The lowest BCUT2D eigenvalue weighted by atomic mass is 10.1. The minimum Gasteiger partial charge on any atom is -0.489 e. The zero-order valence-corrected chi connectivity index (χ0v) is 45.2. The number of carbonyl (C=O) groups is 1. The number of pyridine rings is 4. The number of aromatic nitrogens is 4. The molecule has 0 spiro atoms. The number of ether oxygens (including phenoxy) is 6. The number of halogens is 8. The van der Waals surface area contributed by atoms with E-state index in [0.717, 1.165) is 49.5 Å². The summed E-state index contributed by atoms with van der Waals surface area (Å²) in [5.74, 6) is 0.932. The highest BCUT2D eigenvalue weighted by molar-refractivity contribution is 6.34. The first-order valence-corrected chi connectivity index (χ1v) is 26.4. The molecule has 4 bridgehead atoms. The van der Waals surface area contributed by atoms with E-state index in [1.165, 1.54) is 30.6 Å². The van der Waals surface area contributed by atoms with Crippen LogP contribution in [0.15, 0.2) is 97.6 Å². The zero-order chi connectivity index (χ0) is 56.7. The van der Waals surface area contributed by atoms with Gasteiger partial charge in [0.05, 0.1) is 99.4 Å². The first-order valence-electron chi connectivity index (χ1n) is 25.6. The molecule has 0 saturated carbocycles. The van der Waals surface area contributed by atoms with Gasteiger partial charge < -0.3 is 54.6 Å². The summed E-state index contributed by atoms with van der Waals surface area (Å²) in [6, 6.07) is 16.4. The van der Waals surface area contributed by atoms with Gasteiger partial charge in [0.25, 0.3) is 0 Å². The molecule has 4 atom stereocenters. The SMILES string of the molecule is CC1(C)OC[C@H](COc2cncc(N)c2)O1.CC1(C)OC[C@H](COc2cncc(NC(=O)N3c4nc(-c5cccc(C(F)(F)F)c5)c(Cl)cc4N4CC[C@H]3C4)c2)O1.FC(F)(F)c1cccc(-c2nc3c(cc2Cl)N2CC[C@@H](C2)N3)c1. The van der Waals surface area contributed by atoms with Crippen LogP contribution in [0.2, 0.25) is 10.0 Å². The third-order valence-corrected chi connectivity index (χ3v) is 14.3. The Morgan fingerprint density at radius 1 is 0.725 bits per heavy atom. The van der Waals surface area contributed by atoms with Gasteiger partial charge in [-0.25, -0.2) is 14.8 Å². The van der Waals surface area contributed by atoms with Gasteiger partial charge in [0, 0.05) is 55.5 Å². The summed E-state index contributed by atoms with van der Waals surface area (Å²) in [6.45, 7) is 12.2. The molecule has 2 aromatic carbocycles. The highest BCUT2D eigenvalue weighted by Crippen LogP contribution is 2.45. The smallest absolute Gasteiger partial charge is 0.416 e. The van der Waals surface area contributed by atoms with Gasteiger partial charge in [-0.15, -0.1) is 0 Å². The molecule has 6 aromatic rings. The Balaban J connectivity index is 0.000000154. The molecule has 424 valence electrons. The van der Waals surface area contributed by atoms with Crippen LogP contribution in [0, 0.1) is 0 Å². The van der Waals surface area contributed by atoms with Crippen molar-refractivity contribution in [3.05, 3.63) is 119 Å². The number of fused-ring (bicyclic) bond motifs is 8. The molecule has 4 aromatic heterocycles.